The summed E-state index contributed by atoms with van der Waals surface area (Å²) in [7, 11) is 0. The first-order valence-corrected chi connectivity index (χ1v) is 5.75. The van der Waals surface area contributed by atoms with Crippen molar-refractivity contribution in [3.63, 3.8) is 0 Å². The Kier molecular flexibility index (Phi) is 2.95. The van der Waals surface area contributed by atoms with Gasteiger partial charge in [0.1, 0.15) is 5.75 Å². The van der Waals surface area contributed by atoms with E-state index in [4.69, 9.17) is 4.74 Å². The molecule has 80 valence electrons. The molecule has 0 atom stereocenters. The van der Waals surface area contributed by atoms with Crippen LogP contribution < -0.4 is 10.1 Å². The van der Waals surface area contributed by atoms with Crippen LogP contribution in [0.2, 0.25) is 0 Å². The molecular formula is C11H12BrNO2. The van der Waals surface area contributed by atoms with E-state index in [9.17, 15) is 4.79 Å². The average Bonchev–Trinajstić information content (AvgIpc) is 2.37. The Hall–Kier alpha value is -1.03. The molecule has 1 aromatic carbocycles. The molecule has 0 unspecified atom stereocenters. The van der Waals surface area contributed by atoms with Crippen molar-refractivity contribution in [1.82, 2.24) is 0 Å². The van der Waals surface area contributed by atoms with Crippen LogP contribution in [0.3, 0.4) is 0 Å². The van der Waals surface area contributed by atoms with Crippen LogP contribution >= 0.6 is 15.9 Å². The number of carbonyl (C=O) groups excluding carboxylic acids is 1. The first kappa shape index (κ1) is 10.5. The van der Waals surface area contributed by atoms with Crippen LogP contribution in [0.4, 0.5) is 5.69 Å². The molecule has 0 radical (unpaired) electrons. The van der Waals surface area contributed by atoms with E-state index < -0.39 is 0 Å². The highest BCUT2D eigenvalue weighted by atomic mass is 79.9. The second kappa shape index (κ2) is 4.23. The summed E-state index contributed by atoms with van der Waals surface area (Å²) in [6.07, 6.45) is 1.30. The number of hydrogen-bond acceptors (Lipinski definition) is 2. The largest absolute Gasteiger partial charge is 0.491 e. The summed E-state index contributed by atoms with van der Waals surface area (Å²) >= 11 is 3.42. The number of rotatable bonds is 1. The van der Waals surface area contributed by atoms with E-state index in [1.54, 1.807) is 0 Å². The number of carbonyl (C=O) groups is 1. The minimum atomic E-state index is 0.00824. The van der Waals surface area contributed by atoms with Gasteiger partial charge in [-0.05, 0) is 24.1 Å². The van der Waals surface area contributed by atoms with Crippen molar-refractivity contribution in [3.05, 3.63) is 22.2 Å². The van der Waals surface area contributed by atoms with Gasteiger partial charge in [0.05, 0.1) is 18.7 Å². The molecule has 0 aromatic heterocycles. The van der Waals surface area contributed by atoms with E-state index in [1.165, 1.54) is 0 Å². The van der Waals surface area contributed by atoms with Crippen LogP contribution in [0, 0.1) is 0 Å². The zero-order chi connectivity index (χ0) is 10.8. The van der Waals surface area contributed by atoms with Crippen molar-refractivity contribution in [3.8, 4) is 5.75 Å². The minimum absolute atomic E-state index is 0.00824. The lowest BCUT2D eigenvalue weighted by atomic mass is 10.1. The third-order valence-electron chi connectivity index (χ3n) is 2.36. The molecule has 0 spiro atoms. The van der Waals surface area contributed by atoms with Gasteiger partial charge in [0, 0.05) is 4.47 Å². The maximum Gasteiger partial charge on any atom is 0.227 e. The van der Waals surface area contributed by atoms with Gasteiger partial charge in [-0.3, -0.25) is 4.79 Å². The predicted molar refractivity (Wildman–Crippen MR) is 62.3 cm³/mol. The molecule has 1 N–H and O–H groups in total. The molecule has 0 aliphatic carbocycles. The average molecular weight is 270 g/mol. The third kappa shape index (κ3) is 2.15. The van der Waals surface area contributed by atoms with Crippen molar-refractivity contribution in [1.29, 1.82) is 0 Å². The molecule has 2 rings (SSSR count). The van der Waals surface area contributed by atoms with Gasteiger partial charge in [0.2, 0.25) is 5.91 Å². The molecule has 4 heteroatoms. The number of benzene rings is 1. The topological polar surface area (TPSA) is 38.3 Å². The highest BCUT2D eigenvalue weighted by Gasteiger charge is 2.17. The number of halogens is 1. The lowest BCUT2D eigenvalue weighted by molar-refractivity contribution is -0.116. The van der Waals surface area contributed by atoms with Gasteiger partial charge in [0.15, 0.2) is 0 Å². The number of hydrogen-bond donors (Lipinski definition) is 1. The smallest absolute Gasteiger partial charge is 0.227 e. The standard InChI is InChI=1S/C11H12BrNO2/c1-2-7-5-8(12)6-9-11(7)15-4-3-10(14)13-9/h5-6H,2-4H2,1H3,(H,13,14). The molecule has 1 aliphatic heterocycles. The monoisotopic (exact) mass is 269 g/mol. The minimum Gasteiger partial charge on any atom is -0.491 e. The summed E-state index contributed by atoms with van der Waals surface area (Å²) < 4.78 is 6.55. The Bertz CT molecular complexity index is 404. The number of nitrogens with one attached hydrogen (secondary N) is 1. The first-order chi connectivity index (χ1) is 7.20. The van der Waals surface area contributed by atoms with Gasteiger partial charge in [-0.1, -0.05) is 22.9 Å². The van der Waals surface area contributed by atoms with Gasteiger partial charge in [-0.2, -0.15) is 0 Å². The molecule has 0 bridgehead atoms. The maximum atomic E-state index is 11.4. The highest BCUT2D eigenvalue weighted by Crippen LogP contribution is 2.34. The highest BCUT2D eigenvalue weighted by molar-refractivity contribution is 9.10. The summed E-state index contributed by atoms with van der Waals surface area (Å²) in [5.41, 5.74) is 1.88. The van der Waals surface area contributed by atoms with Crippen LogP contribution in [0.25, 0.3) is 0 Å². The maximum absolute atomic E-state index is 11.4. The zero-order valence-corrected chi connectivity index (χ0v) is 10.1. The van der Waals surface area contributed by atoms with E-state index in [0.29, 0.717) is 13.0 Å². The fraction of sp³-hybridized carbons (Fsp3) is 0.364. The molecule has 1 heterocycles. The van der Waals surface area contributed by atoms with Gasteiger partial charge in [-0.15, -0.1) is 0 Å². The molecule has 0 fully saturated rings. The van der Waals surface area contributed by atoms with E-state index in [0.717, 1.165) is 27.9 Å². The van der Waals surface area contributed by atoms with Crippen molar-refractivity contribution in [2.75, 3.05) is 11.9 Å². The number of aryl methyl sites for hydroxylation is 1. The van der Waals surface area contributed by atoms with E-state index in [1.807, 2.05) is 12.1 Å². The van der Waals surface area contributed by atoms with Crippen molar-refractivity contribution in [2.45, 2.75) is 19.8 Å². The molecule has 0 saturated heterocycles. The van der Waals surface area contributed by atoms with Gasteiger partial charge < -0.3 is 10.1 Å². The van der Waals surface area contributed by atoms with Crippen molar-refractivity contribution >= 4 is 27.5 Å². The summed E-state index contributed by atoms with van der Waals surface area (Å²) in [5.74, 6) is 0.820. The zero-order valence-electron chi connectivity index (χ0n) is 8.47. The number of anilines is 1. The molecular weight excluding hydrogens is 258 g/mol. The number of amides is 1. The Morgan fingerprint density at radius 2 is 2.33 bits per heavy atom. The fourth-order valence-corrected chi connectivity index (χ4v) is 2.14. The molecule has 0 saturated carbocycles. The number of fused-ring (bicyclic) bond motifs is 1. The van der Waals surface area contributed by atoms with E-state index in [-0.39, 0.29) is 5.91 Å². The van der Waals surface area contributed by atoms with Crippen LogP contribution in [-0.2, 0) is 11.2 Å². The Labute approximate surface area is 96.9 Å². The van der Waals surface area contributed by atoms with Crippen molar-refractivity contribution < 1.29 is 9.53 Å². The Morgan fingerprint density at radius 1 is 1.53 bits per heavy atom. The molecule has 15 heavy (non-hydrogen) atoms. The molecule has 1 aliphatic rings. The Balaban J connectivity index is 2.50. The first-order valence-electron chi connectivity index (χ1n) is 4.95. The normalized spacial score (nSPS) is 14.9. The SMILES string of the molecule is CCc1cc(Br)cc2c1OCCC(=O)N2. The quantitative estimate of drug-likeness (QED) is 0.852. The van der Waals surface area contributed by atoms with Crippen LogP contribution in [0.1, 0.15) is 18.9 Å². The molecule has 1 amide bonds. The molecule has 3 nitrogen and oxygen atoms in total. The van der Waals surface area contributed by atoms with Crippen LogP contribution in [-0.4, -0.2) is 12.5 Å². The third-order valence-corrected chi connectivity index (χ3v) is 2.82. The van der Waals surface area contributed by atoms with Gasteiger partial charge in [-0.25, -0.2) is 0 Å². The van der Waals surface area contributed by atoms with Crippen LogP contribution in [0.5, 0.6) is 5.75 Å². The predicted octanol–water partition coefficient (Wildman–Crippen LogP) is 2.73. The second-order valence-corrected chi connectivity index (χ2v) is 4.36. The summed E-state index contributed by atoms with van der Waals surface area (Å²) in [4.78, 5) is 11.4. The fourth-order valence-electron chi connectivity index (χ4n) is 1.63. The number of ether oxygens (including phenoxy) is 1. The van der Waals surface area contributed by atoms with E-state index >= 15 is 0 Å². The molecule has 1 aromatic rings. The van der Waals surface area contributed by atoms with E-state index in [2.05, 4.69) is 28.2 Å². The lowest BCUT2D eigenvalue weighted by Crippen LogP contribution is -2.10. The van der Waals surface area contributed by atoms with Crippen molar-refractivity contribution in [2.24, 2.45) is 0 Å². The summed E-state index contributed by atoms with van der Waals surface area (Å²) in [6.45, 7) is 2.52. The summed E-state index contributed by atoms with van der Waals surface area (Å²) in [6, 6.07) is 3.90. The van der Waals surface area contributed by atoms with Gasteiger partial charge >= 0.3 is 0 Å². The Morgan fingerprint density at radius 3 is 3.07 bits per heavy atom. The summed E-state index contributed by atoms with van der Waals surface area (Å²) in [5, 5.41) is 2.84. The van der Waals surface area contributed by atoms with Gasteiger partial charge in [0.25, 0.3) is 0 Å². The lowest BCUT2D eigenvalue weighted by Gasteiger charge is -2.12. The second-order valence-electron chi connectivity index (χ2n) is 3.44. The van der Waals surface area contributed by atoms with Crippen LogP contribution in [0.15, 0.2) is 16.6 Å².